The number of hydrogen-bond acceptors (Lipinski definition) is 4. The number of hydrogen-bond donors (Lipinski definition) is 2. The second-order valence-corrected chi connectivity index (χ2v) is 3.36. The summed E-state index contributed by atoms with van der Waals surface area (Å²) in [5, 5.41) is 11.7. The molecule has 0 unspecified atom stereocenters. The average molecular weight is 224 g/mol. The number of H-pyrrole nitrogens is 1. The fourth-order valence-electron chi connectivity index (χ4n) is 1.19. The van der Waals surface area contributed by atoms with Crippen LogP contribution in [0.1, 0.15) is 23.2 Å². The Hall–Kier alpha value is -1.76. The lowest BCUT2D eigenvalue weighted by molar-refractivity contribution is 0.0690. The molecule has 0 amide bonds. The maximum absolute atomic E-state index is 10.7. The number of aromatic carboxylic acids is 1. The molecular formula is C8H8N4O2S. The number of fused-ring (bicyclic) bond motifs is 1. The molecular weight excluding hydrogens is 216 g/mol. The van der Waals surface area contributed by atoms with E-state index in [9.17, 15) is 4.79 Å². The van der Waals surface area contributed by atoms with Crippen LogP contribution in [0.4, 0.5) is 0 Å². The van der Waals surface area contributed by atoms with Crippen LogP contribution in [0.2, 0.25) is 0 Å². The van der Waals surface area contributed by atoms with Crippen LogP contribution in [0.15, 0.2) is 6.07 Å². The Balaban J connectivity index is 2.76. The molecule has 2 aromatic rings. The molecule has 0 atom stereocenters. The maximum atomic E-state index is 10.7. The topological polar surface area (TPSA) is 83.3 Å². The minimum absolute atomic E-state index is 0.0887. The van der Waals surface area contributed by atoms with Gasteiger partial charge in [0.15, 0.2) is 5.69 Å². The number of aryl methyl sites for hydroxylation is 1. The Morgan fingerprint density at radius 3 is 3.00 bits per heavy atom. The standard InChI is InChI=1S/C8H8N4O2S/c1-2-5-10-8-9-4(7(13)14)3-6(15)12(8)11-5/h3H,2H2,1H3,(H,13,14)(H,9,10,11). The highest BCUT2D eigenvalue weighted by Crippen LogP contribution is 2.03. The molecule has 0 bridgehead atoms. The van der Waals surface area contributed by atoms with Crippen molar-refractivity contribution in [2.75, 3.05) is 0 Å². The highest BCUT2D eigenvalue weighted by molar-refractivity contribution is 7.71. The number of nitrogens with one attached hydrogen (secondary N) is 1. The molecule has 2 rings (SSSR count). The number of nitrogens with zero attached hydrogens (tertiary/aromatic N) is 3. The second kappa shape index (κ2) is 3.43. The van der Waals surface area contributed by atoms with E-state index in [0.717, 1.165) is 5.82 Å². The Bertz CT molecular complexity index is 586. The quantitative estimate of drug-likeness (QED) is 0.745. The third kappa shape index (κ3) is 1.61. The third-order valence-corrected chi connectivity index (χ3v) is 2.23. The molecule has 0 aromatic carbocycles. The molecule has 0 saturated heterocycles. The van der Waals surface area contributed by atoms with Gasteiger partial charge in [-0.3, -0.25) is 5.10 Å². The van der Waals surface area contributed by atoms with Crippen LogP contribution in [-0.4, -0.2) is 30.7 Å². The van der Waals surface area contributed by atoms with E-state index in [2.05, 4.69) is 15.1 Å². The monoisotopic (exact) mass is 224 g/mol. The molecule has 0 aliphatic heterocycles. The van der Waals surface area contributed by atoms with E-state index in [0.29, 0.717) is 11.1 Å². The largest absolute Gasteiger partial charge is 0.477 e. The fourth-order valence-corrected chi connectivity index (χ4v) is 1.43. The van der Waals surface area contributed by atoms with Gasteiger partial charge in [0, 0.05) is 12.5 Å². The lowest BCUT2D eigenvalue weighted by Gasteiger charge is -1.94. The number of aromatic nitrogens is 4. The minimum atomic E-state index is -1.11. The maximum Gasteiger partial charge on any atom is 0.354 e. The summed E-state index contributed by atoms with van der Waals surface area (Å²) >= 11 is 5.01. The normalized spacial score (nSPS) is 10.7. The lowest BCUT2D eigenvalue weighted by atomic mass is 10.4. The second-order valence-electron chi connectivity index (χ2n) is 2.94. The van der Waals surface area contributed by atoms with Crippen LogP contribution in [0, 0.1) is 4.64 Å². The zero-order valence-electron chi connectivity index (χ0n) is 7.89. The molecule has 2 N–H and O–H groups in total. The Kier molecular flexibility index (Phi) is 2.24. The zero-order valence-corrected chi connectivity index (χ0v) is 8.71. The van der Waals surface area contributed by atoms with Crippen molar-refractivity contribution in [2.45, 2.75) is 13.3 Å². The molecule has 0 spiro atoms. The SMILES string of the molecule is CCc1nc2nc(C(=O)O)cc(=S)n2[nH]1. The van der Waals surface area contributed by atoms with Crippen molar-refractivity contribution >= 4 is 24.0 Å². The van der Waals surface area contributed by atoms with Crippen molar-refractivity contribution in [1.29, 1.82) is 0 Å². The first-order chi connectivity index (χ1) is 7.11. The Morgan fingerprint density at radius 2 is 2.40 bits per heavy atom. The number of carboxylic acid groups (broad SMARTS) is 1. The van der Waals surface area contributed by atoms with Crippen molar-refractivity contribution in [1.82, 2.24) is 19.6 Å². The number of rotatable bonds is 2. The van der Waals surface area contributed by atoms with Crippen molar-refractivity contribution < 1.29 is 9.90 Å². The minimum Gasteiger partial charge on any atom is -0.477 e. The summed E-state index contributed by atoms with van der Waals surface area (Å²) in [5.74, 6) is -0.0995. The van der Waals surface area contributed by atoms with Crippen LogP contribution in [0.3, 0.4) is 0 Å². The van der Waals surface area contributed by atoms with Crippen molar-refractivity contribution in [3.63, 3.8) is 0 Å². The summed E-state index contributed by atoms with van der Waals surface area (Å²) in [6, 6.07) is 1.32. The first kappa shape index (κ1) is 9.78. The molecule has 0 radical (unpaired) electrons. The van der Waals surface area contributed by atoms with Crippen molar-refractivity contribution in [2.24, 2.45) is 0 Å². The smallest absolute Gasteiger partial charge is 0.354 e. The van der Waals surface area contributed by atoms with Crippen LogP contribution in [0.5, 0.6) is 0 Å². The van der Waals surface area contributed by atoms with Gasteiger partial charge in [0.05, 0.1) is 0 Å². The highest BCUT2D eigenvalue weighted by atomic mass is 32.1. The molecule has 2 heterocycles. The van der Waals surface area contributed by atoms with E-state index in [1.165, 1.54) is 10.6 Å². The third-order valence-electron chi connectivity index (χ3n) is 1.93. The van der Waals surface area contributed by atoms with Gasteiger partial charge in [-0.15, -0.1) is 0 Å². The summed E-state index contributed by atoms with van der Waals surface area (Å²) in [7, 11) is 0. The van der Waals surface area contributed by atoms with Gasteiger partial charge in [-0.25, -0.2) is 14.3 Å². The van der Waals surface area contributed by atoms with Crippen LogP contribution in [0.25, 0.3) is 5.78 Å². The zero-order chi connectivity index (χ0) is 11.0. The van der Waals surface area contributed by atoms with E-state index in [1.54, 1.807) is 0 Å². The fraction of sp³-hybridized carbons (Fsp3) is 0.250. The molecule has 0 saturated carbocycles. The first-order valence-corrected chi connectivity index (χ1v) is 4.74. The van der Waals surface area contributed by atoms with E-state index < -0.39 is 5.97 Å². The van der Waals surface area contributed by atoms with Crippen LogP contribution >= 0.6 is 12.2 Å². The average Bonchev–Trinajstić information content (AvgIpc) is 2.61. The predicted octanol–water partition coefficient (Wildman–Crippen LogP) is 1.05. The molecule has 0 aliphatic rings. The summed E-state index contributed by atoms with van der Waals surface area (Å²) in [6.45, 7) is 1.93. The van der Waals surface area contributed by atoms with Gasteiger partial charge >= 0.3 is 5.97 Å². The number of carboxylic acids is 1. The van der Waals surface area contributed by atoms with E-state index in [4.69, 9.17) is 17.3 Å². The molecule has 15 heavy (non-hydrogen) atoms. The van der Waals surface area contributed by atoms with Gasteiger partial charge in [-0.2, -0.15) is 4.98 Å². The Labute approximate surface area is 89.6 Å². The molecule has 78 valence electrons. The summed E-state index contributed by atoms with van der Waals surface area (Å²) in [4.78, 5) is 18.7. The van der Waals surface area contributed by atoms with Gasteiger partial charge in [0.2, 0.25) is 0 Å². The van der Waals surface area contributed by atoms with Crippen LogP contribution in [-0.2, 0) is 6.42 Å². The summed E-state index contributed by atoms with van der Waals surface area (Å²) in [6.07, 6.45) is 0.709. The van der Waals surface area contributed by atoms with E-state index >= 15 is 0 Å². The first-order valence-electron chi connectivity index (χ1n) is 4.34. The van der Waals surface area contributed by atoms with Gasteiger partial charge in [-0.05, 0) is 0 Å². The summed E-state index contributed by atoms with van der Waals surface area (Å²) < 4.78 is 1.84. The van der Waals surface area contributed by atoms with Gasteiger partial charge in [-0.1, -0.05) is 19.1 Å². The molecule has 2 aromatic heterocycles. The molecule has 6 nitrogen and oxygen atoms in total. The number of aromatic amines is 1. The molecule has 0 aliphatic carbocycles. The van der Waals surface area contributed by atoms with Gasteiger partial charge in [0.1, 0.15) is 10.5 Å². The van der Waals surface area contributed by atoms with Crippen molar-refractivity contribution in [3.05, 3.63) is 22.2 Å². The lowest BCUT2D eigenvalue weighted by Crippen LogP contribution is -2.03. The van der Waals surface area contributed by atoms with Crippen LogP contribution < -0.4 is 0 Å². The Morgan fingerprint density at radius 1 is 1.67 bits per heavy atom. The van der Waals surface area contributed by atoms with Gasteiger partial charge in [0.25, 0.3) is 5.78 Å². The van der Waals surface area contributed by atoms with Crippen molar-refractivity contribution in [3.8, 4) is 0 Å². The van der Waals surface area contributed by atoms with Gasteiger partial charge < -0.3 is 5.11 Å². The van der Waals surface area contributed by atoms with E-state index in [-0.39, 0.29) is 11.5 Å². The molecule has 0 fully saturated rings. The summed E-state index contributed by atoms with van der Waals surface area (Å²) in [5.41, 5.74) is -0.0887. The highest BCUT2D eigenvalue weighted by Gasteiger charge is 2.09. The number of carbonyl (C=O) groups is 1. The predicted molar refractivity (Wildman–Crippen MR) is 54.5 cm³/mol. The molecule has 7 heteroatoms. The van der Waals surface area contributed by atoms with E-state index in [1.807, 2.05) is 6.92 Å².